The summed E-state index contributed by atoms with van der Waals surface area (Å²) in [6.45, 7) is 4.60. The third kappa shape index (κ3) is 2.58. The number of ether oxygens (including phenoxy) is 1. The van der Waals surface area contributed by atoms with Gasteiger partial charge in [-0.1, -0.05) is 11.6 Å². The Morgan fingerprint density at radius 3 is 3.07 bits per heavy atom. The molecule has 1 aromatic rings. The van der Waals surface area contributed by atoms with E-state index in [2.05, 4.69) is 21.8 Å². The van der Waals surface area contributed by atoms with Crippen LogP contribution in [0.5, 0.6) is 0 Å². The maximum atomic E-state index is 6.00. The Hall–Kier alpha value is -0.870. The third-order valence-electron chi connectivity index (χ3n) is 2.39. The summed E-state index contributed by atoms with van der Waals surface area (Å²) in [5.74, 6) is 0.761. The van der Waals surface area contributed by atoms with Crippen LogP contribution in [0.4, 0.5) is 5.82 Å². The van der Waals surface area contributed by atoms with Crippen LogP contribution in [-0.4, -0.2) is 35.8 Å². The summed E-state index contributed by atoms with van der Waals surface area (Å²) in [7, 11) is 0. The minimum atomic E-state index is 0.213. The maximum absolute atomic E-state index is 6.00. The molecule has 15 heavy (non-hydrogen) atoms. The van der Waals surface area contributed by atoms with E-state index in [1.54, 1.807) is 12.4 Å². The van der Waals surface area contributed by atoms with Crippen molar-refractivity contribution in [3.8, 4) is 0 Å². The number of hydrogen-bond donors (Lipinski definition) is 0. The Morgan fingerprint density at radius 2 is 2.27 bits per heavy atom. The first-order valence-electron chi connectivity index (χ1n) is 5.10. The van der Waals surface area contributed by atoms with Gasteiger partial charge in [0, 0.05) is 32.1 Å². The quantitative estimate of drug-likeness (QED) is 0.733. The SMILES string of the molecule is CC1CN(c2nccnc2Cl)CCCO1. The zero-order valence-electron chi connectivity index (χ0n) is 8.69. The molecule has 1 aliphatic heterocycles. The van der Waals surface area contributed by atoms with Crippen molar-refractivity contribution in [2.75, 3.05) is 24.6 Å². The second-order valence-electron chi connectivity index (χ2n) is 3.65. The first kappa shape index (κ1) is 10.6. The van der Waals surface area contributed by atoms with Crippen LogP contribution >= 0.6 is 11.6 Å². The van der Waals surface area contributed by atoms with E-state index in [1.807, 2.05) is 0 Å². The number of aromatic nitrogens is 2. The molecule has 1 fully saturated rings. The summed E-state index contributed by atoms with van der Waals surface area (Å²) in [6.07, 6.45) is 4.48. The maximum Gasteiger partial charge on any atom is 0.171 e. The molecule has 0 saturated carbocycles. The molecule has 5 heteroatoms. The molecule has 0 aliphatic carbocycles. The lowest BCUT2D eigenvalue weighted by molar-refractivity contribution is 0.0820. The molecule has 0 radical (unpaired) electrons. The van der Waals surface area contributed by atoms with Gasteiger partial charge in [-0.15, -0.1) is 0 Å². The predicted octanol–water partition coefficient (Wildman–Crippen LogP) is 1.75. The van der Waals surface area contributed by atoms with Crippen LogP contribution in [0.1, 0.15) is 13.3 Å². The van der Waals surface area contributed by atoms with Crippen LogP contribution in [-0.2, 0) is 4.74 Å². The molecule has 1 aromatic heterocycles. The molecule has 2 heterocycles. The average Bonchev–Trinajstić information content (AvgIpc) is 2.43. The molecule has 1 atom stereocenters. The van der Waals surface area contributed by atoms with E-state index in [-0.39, 0.29) is 6.10 Å². The van der Waals surface area contributed by atoms with E-state index >= 15 is 0 Å². The Bertz CT molecular complexity index is 334. The average molecular weight is 228 g/mol. The van der Waals surface area contributed by atoms with E-state index in [9.17, 15) is 0 Å². The molecule has 82 valence electrons. The van der Waals surface area contributed by atoms with Crippen LogP contribution in [0.3, 0.4) is 0 Å². The molecule has 1 unspecified atom stereocenters. The fraction of sp³-hybridized carbons (Fsp3) is 0.600. The van der Waals surface area contributed by atoms with Crippen molar-refractivity contribution >= 4 is 17.4 Å². The fourth-order valence-electron chi connectivity index (χ4n) is 1.71. The Labute approximate surface area is 94.2 Å². The van der Waals surface area contributed by atoms with E-state index < -0.39 is 0 Å². The van der Waals surface area contributed by atoms with E-state index in [1.165, 1.54) is 0 Å². The highest BCUT2D eigenvalue weighted by molar-refractivity contribution is 6.31. The summed E-state index contributed by atoms with van der Waals surface area (Å²) in [5, 5.41) is 0.464. The van der Waals surface area contributed by atoms with Crippen LogP contribution in [0.2, 0.25) is 5.15 Å². The molecule has 0 spiro atoms. The second-order valence-corrected chi connectivity index (χ2v) is 4.01. The summed E-state index contributed by atoms with van der Waals surface area (Å²) in [4.78, 5) is 10.4. The monoisotopic (exact) mass is 227 g/mol. The van der Waals surface area contributed by atoms with Crippen LogP contribution in [0, 0.1) is 0 Å². The van der Waals surface area contributed by atoms with Crippen LogP contribution in [0.15, 0.2) is 12.4 Å². The third-order valence-corrected chi connectivity index (χ3v) is 2.65. The lowest BCUT2D eigenvalue weighted by Gasteiger charge is -2.23. The molecule has 4 nitrogen and oxygen atoms in total. The van der Waals surface area contributed by atoms with Gasteiger partial charge in [0.25, 0.3) is 0 Å². The highest BCUT2D eigenvalue weighted by Crippen LogP contribution is 2.21. The lowest BCUT2D eigenvalue weighted by Crippen LogP contribution is -2.31. The lowest BCUT2D eigenvalue weighted by atomic mass is 10.3. The van der Waals surface area contributed by atoms with Crippen molar-refractivity contribution < 1.29 is 4.74 Å². The standard InChI is InChI=1S/C10H14ClN3O/c1-8-7-14(5-2-6-15-8)10-9(11)12-3-4-13-10/h3-4,8H,2,5-7H2,1H3. The van der Waals surface area contributed by atoms with Gasteiger partial charge in [0.05, 0.1) is 6.10 Å². The minimum Gasteiger partial charge on any atom is -0.377 e. The Balaban J connectivity index is 2.18. The summed E-state index contributed by atoms with van der Waals surface area (Å²) < 4.78 is 5.56. The van der Waals surface area contributed by atoms with Gasteiger partial charge in [0.2, 0.25) is 0 Å². The number of nitrogens with zero attached hydrogens (tertiary/aromatic N) is 3. The largest absolute Gasteiger partial charge is 0.377 e. The summed E-state index contributed by atoms with van der Waals surface area (Å²) >= 11 is 6.00. The predicted molar refractivity (Wildman–Crippen MR) is 59.3 cm³/mol. The number of anilines is 1. The number of hydrogen-bond acceptors (Lipinski definition) is 4. The second kappa shape index (κ2) is 4.77. The molecule has 1 saturated heterocycles. The normalized spacial score (nSPS) is 22.5. The number of rotatable bonds is 1. The van der Waals surface area contributed by atoms with Gasteiger partial charge < -0.3 is 9.64 Å². The molecular weight excluding hydrogens is 214 g/mol. The Kier molecular flexibility index (Phi) is 3.38. The zero-order valence-corrected chi connectivity index (χ0v) is 9.44. The van der Waals surface area contributed by atoms with E-state index in [0.29, 0.717) is 5.15 Å². The van der Waals surface area contributed by atoms with Crippen molar-refractivity contribution in [1.29, 1.82) is 0 Å². The van der Waals surface area contributed by atoms with Crippen molar-refractivity contribution in [2.45, 2.75) is 19.4 Å². The van der Waals surface area contributed by atoms with E-state index in [0.717, 1.165) is 31.9 Å². The molecule has 0 bridgehead atoms. The molecule has 0 aromatic carbocycles. The van der Waals surface area contributed by atoms with Gasteiger partial charge in [-0.3, -0.25) is 0 Å². The summed E-state index contributed by atoms with van der Waals surface area (Å²) in [6, 6.07) is 0. The molecule has 2 rings (SSSR count). The first-order chi connectivity index (χ1) is 7.27. The number of halogens is 1. The zero-order chi connectivity index (χ0) is 10.7. The van der Waals surface area contributed by atoms with Crippen molar-refractivity contribution in [1.82, 2.24) is 9.97 Å². The fourth-order valence-corrected chi connectivity index (χ4v) is 1.94. The topological polar surface area (TPSA) is 38.2 Å². The first-order valence-corrected chi connectivity index (χ1v) is 5.48. The minimum absolute atomic E-state index is 0.213. The van der Waals surface area contributed by atoms with Gasteiger partial charge in [-0.2, -0.15) is 0 Å². The van der Waals surface area contributed by atoms with Crippen LogP contribution < -0.4 is 4.90 Å². The van der Waals surface area contributed by atoms with E-state index in [4.69, 9.17) is 16.3 Å². The van der Waals surface area contributed by atoms with Gasteiger partial charge in [0.1, 0.15) is 0 Å². The summed E-state index contributed by atoms with van der Waals surface area (Å²) in [5.41, 5.74) is 0. The van der Waals surface area contributed by atoms with Gasteiger partial charge >= 0.3 is 0 Å². The van der Waals surface area contributed by atoms with Gasteiger partial charge in [0.15, 0.2) is 11.0 Å². The molecular formula is C10H14ClN3O. The highest BCUT2D eigenvalue weighted by Gasteiger charge is 2.18. The van der Waals surface area contributed by atoms with Crippen molar-refractivity contribution in [3.05, 3.63) is 17.5 Å². The molecule has 1 aliphatic rings. The van der Waals surface area contributed by atoms with Gasteiger partial charge in [-0.05, 0) is 13.3 Å². The van der Waals surface area contributed by atoms with Crippen LogP contribution in [0.25, 0.3) is 0 Å². The highest BCUT2D eigenvalue weighted by atomic mass is 35.5. The molecule has 0 amide bonds. The van der Waals surface area contributed by atoms with Gasteiger partial charge in [-0.25, -0.2) is 9.97 Å². The van der Waals surface area contributed by atoms with Crippen molar-refractivity contribution in [2.24, 2.45) is 0 Å². The van der Waals surface area contributed by atoms with Crippen molar-refractivity contribution in [3.63, 3.8) is 0 Å². The smallest absolute Gasteiger partial charge is 0.171 e. The molecule has 0 N–H and O–H groups in total. The Morgan fingerprint density at radius 1 is 1.47 bits per heavy atom.